The molecule has 1 fully saturated rings. The molecule has 2 aromatic carbocycles. The van der Waals surface area contributed by atoms with Gasteiger partial charge in [-0.1, -0.05) is 48.0 Å². The van der Waals surface area contributed by atoms with Gasteiger partial charge in [0.1, 0.15) is 4.92 Å². The summed E-state index contributed by atoms with van der Waals surface area (Å²) in [5.41, 5.74) is 4.45. The predicted molar refractivity (Wildman–Crippen MR) is 121 cm³/mol. The van der Waals surface area contributed by atoms with Crippen molar-refractivity contribution in [2.75, 3.05) is 24.5 Å². The average Bonchev–Trinajstić information content (AvgIpc) is 3.40. The van der Waals surface area contributed by atoms with E-state index >= 15 is 0 Å². The van der Waals surface area contributed by atoms with Crippen molar-refractivity contribution >= 4 is 17.5 Å². The molecule has 3 aromatic rings. The van der Waals surface area contributed by atoms with Gasteiger partial charge in [-0.3, -0.25) is 19.8 Å². The summed E-state index contributed by atoms with van der Waals surface area (Å²) in [6.45, 7) is 5.47. The van der Waals surface area contributed by atoms with Gasteiger partial charge in [-0.05, 0) is 56.1 Å². The van der Waals surface area contributed by atoms with E-state index in [2.05, 4.69) is 42.2 Å². The van der Waals surface area contributed by atoms with E-state index in [-0.39, 0.29) is 17.1 Å². The summed E-state index contributed by atoms with van der Waals surface area (Å²) >= 11 is 0. The van der Waals surface area contributed by atoms with Gasteiger partial charge < -0.3 is 9.32 Å². The molecule has 0 bridgehead atoms. The molecule has 7 nitrogen and oxygen atoms in total. The number of hydrogen-bond donors (Lipinski definition) is 0. The molecule has 1 spiro atoms. The molecule has 0 atom stereocenters. The Hall–Kier alpha value is -3.45. The molecule has 1 amide bonds. The Morgan fingerprint density at radius 1 is 1.09 bits per heavy atom. The normalized spacial score (nSPS) is 17.5. The fraction of sp³-hybridized carbons (Fsp3) is 0.320. The Bertz CT molecular complexity index is 1160. The zero-order valence-corrected chi connectivity index (χ0v) is 18.0. The van der Waals surface area contributed by atoms with E-state index in [0.717, 1.165) is 43.7 Å². The Morgan fingerprint density at radius 2 is 1.84 bits per heavy atom. The molecule has 1 aromatic heterocycles. The first-order chi connectivity index (χ1) is 15.4. The fourth-order valence-corrected chi connectivity index (χ4v) is 5.05. The number of aryl methyl sites for hydroxylation is 1. The largest absolute Gasteiger partial charge is 0.433 e. The molecule has 0 saturated carbocycles. The van der Waals surface area contributed by atoms with Crippen LogP contribution in [-0.2, 0) is 12.0 Å². The van der Waals surface area contributed by atoms with Crippen molar-refractivity contribution in [3.63, 3.8) is 0 Å². The first-order valence-electron chi connectivity index (χ1n) is 10.9. The van der Waals surface area contributed by atoms with E-state index in [1.165, 1.54) is 23.3 Å². The van der Waals surface area contributed by atoms with Gasteiger partial charge in [0.15, 0.2) is 5.76 Å². The lowest BCUT2D eigenvalue weighted by Crippen LogP contribution is -2.45. The van der Waals surface area contributed by atoms with Crippen molar-refractivity contribution in [2.45, 2.75) is 31.7 Å². The summed E-state index contributed by atoms with van der Waals surface area (Å²) in [5, 5.41) is 11.0. The van der Waals surface area contributed by atoms with E-state index in [4.69, 9.17) is 4.42 Å². The van der Waals surface area contributed by atoms with Crippen molar-refractivity contribution in [1.82, 2.24) is 4.90 Å². The molecule has 2 aliphatic heterocycles. The quantitative estimate of drug-likeness (QED) is 0.442. The number of carbonyl (C=O) groups is 1. The summed E-state index contributed by atoms with van der Waals surface area (Å²) < 4.78 is 5.22. The van der Waals surface area contributed by atoms with Crippen LogP contribution in [0.3, 0.4) is 0 Å². The number of amides is 1. The molecule has 2 aliphatic rings. The van der Waals surface area contributed by atoms with Gasteiger partial charge in [0.25, 0.3) is 5.91 Å². The average molecular weight is 431 g/mol. The minimum absolute atomic E-state index is 0.00166. The Kier molecular flexibility index (Phi) is 5.06. The molecule has 0 unspecified atom stereocenters. The van der Waals surface area contributed by atoms with Gasteiger partial charge in [0, 0.05) is 24.2 Å². The highest BCUT2D eigenvalue weighted by Gasteiger charge is 2.47. The number of nitrogens with zero attached hydrogens (tertiary/aromatic N) is 3. The molecule has 0 radical (unpaired) electrons. The van der Waals surface area contributed by atoms with Gasteiger partial charge in [0.2, 0.25) is 0 Å². The minimum Gasteiger partial charge on any atom is -0.395 e. The highest BCUT2D eigenvalue weighted by molar-refractivity contribution is 6.06. The van der Waals surface area contributed by atoms with Crippen molar-refractivity contribution < 1.29 is 14.1 Å². The number of hydrogen-bond acceptors (Lipinski definition) is 5. The molecule has 0 N–H and O–H groups in total. The third-order valence-electron chi connectivity index (χ3n) is 6.76. The fourth-order valence-electron chi connectivity index (χ4n) is 5.05. The highest BCUT2D eigenvalue weighted by Crippen LogP contribution is 2.48. The molecule has 7 heteroatoms. The number of anilines is 1. The number of piperidine rings is 1. The second-order valence-corrected chi connectivity index (χ2v) is 8.85. The minimum atomic E-state index is -0.623. The first kappa shape index (κ1) is 20.5. The standard InChI is InChI=1S/C25H25N3O4/c1-18-7-8-21-20(15-18)25(11-13-26(14-12-25)16-19-5-3-2-4-6-19)17-27(21)24(29)22-9-10-23(32-22)28(30)31/h2-10,15H,11-14,16-17H2,1H3. The number of carbonyl (C=O) groups excluding carboxylic acids is 1. The van der Waals surface area contributed by atoms with Crippen LogP contribution in [0.15, 0.2) is 65.1 Å². The second kappa shape index (κ2) is 7.91. The van der Waals surface area contributed by atoms with Crippen LogP contribution >= 0.6 is 0 Å². The van der Waals surface area contributed by atoms with Crippen LogP contribution in [0.5, 0.6) is 0 Å². The van der Waals surface area contributed by atoms with Gasteiger partial charge >= 0.3 is 5.88 Å². The lowest BCUT2D eigenvalue weighted by molar-refractivity contribution is -0.402. The maximum absolute atomic E-state index is 13.3. The summed E-state index contributed by atoms with van der Waals surface area (Å²) in [5.74, 6) is -0.741. The van der Waals surface area contributed by atoms with E-state index in [1.54, 1.807) is 4.90 Å². The summed E-state index contributed by atoms with van der Waals surface area (Å²) in [7, 11) is 0. The number of likely N-dealkylation sites (tertiary alicyclic amines) is 1. The Balaban J connectivity index is 1.39. The number of furan rings is 1. The third-order valence-corrected chi connectivity index (χ3v) is 6.76. The van der Waals surface area contributed by atoms with Gasteiger partial charge in [-0.25, -0.2) is 0 Å². The van der Waals surface area contributed by atoms with E-state index in [0.29, 0.717) is 6.54 Å². The summed E-state index contributed by atoms with van der Waals surface area (Å²) in [6.07, 6.45) is 1.91. The number of nitro groups is 1. The molecule has 3 heterocycles. The van der Waals surface area contributed by atoms with Gasteiger partial charge in [-0.15, -0.1) is 0 Å². The molecule has 5 rings (SSSR count). The monoisotopic (exact) mass is 431 g/mol. The van der Waals surface area contributed by atoms with Crippen LogP contribution in [0.1, 0.15) is 40.1 Å². The first-order valence-corrected chi connectivity index (χ1v) is 10.9. The number of rotatable bonds is 4. The Labute approximate surface area is 186 Å². The van der Waals surface area contributed by atoms with Crippen molar-refractivity contribution in [2.24, 2.45) is 0 Å². The lowest BCUT2D eigenvalue weighted by Gasteiger charge is -2.40. The van der Waals surface area contributed by atoms with Gasteiger partial charge in [0.05, 0.1) is 6.07 Å². The maximum atomic E-state index is 13.3. The van der Waals surface area contributed by atoms with Crippen LogP contribution < -0.4 is 4.90 Å². The van der Waals surface area contributed by atoms with Crippen molar-refractivity contribution in [1.29, 1.82) is 0 Å². The Morgan fingerprint density at radius 3 is 2.53 bits per heavy atom. The summed E-state index contributed by atoms with van der Waals surface area (Å²) in [4.78, 5) is 27.8. The van der Waals surface area contributed by atoms with Gasteiger partial charge in [-0.2, -0.15) is 0 Å². The number of fused-ring (bicyclic) bond motifs is 2. The van der Waals surface area contributed by atoms with Crippen LogP contribution in [0.2, 0.25) is 0 Å². The zero-order chi connectivity index (χ0) is 22.3. The number of benzene rings is 2. The molecule has 32 heavy (non-hydrogen) atoms. The smallest absolute Gasteiger partial charge is 0.395 e. The van der Waals surface area contributed by atoms with E-state index in [9.17, 15) is 14.9 Å². The molecule has 1 saturated heterocycles. The SMILES string of the molecule is Cc1ccc2c(c1)C1(CCN(Cc3ccccc3)CC1)CN2C(=O)c1ccc([N+](=O)[O-])o1. The predicted octanol–water partition coefficient (Wildman–Crippen LogP) is 4.69. The highest BCUT2D eigenvalue weighted by atomic mass is 16.6. The van der Waals surface area contributed by atoms with Crippen LogP contribution in [-0.4, -0.2) is 35.4 Å². The van der Waals surface area contributed by atoms with Crippen LogP contribution in [0.25, 0.3) is 0 Å². The van der Waals surface area contributed by atoms with Crippen LogP contribution in [0.4, 0.5) is 11.6 Å². The topological polar surface area (TPSA) is 79.8 Å². The molecular weight excluding hydrogens is 406 g/mol. The summed E-state index contributed by atoms with van der Waals surface area (Å²) in [6, 6.07) is 19.3. The van der Waals surface area contributed by atoms with Crippen LogP contribution in [0, 0.1) is 17.0 Å². The maximum Gasteiger partial charge on any atom is 0.433 e. The zero-order valence-electron chi connectivity index (χ0n) is 18.0. The third kappa shape index (κ3) is 3.58. The lowest BCUT2D eigenvalue weighted by atomic mass is 9.74. The molecule has 164 valence electrons. The molecular formula is C25H25N3O4. The van der Waals surface area contributed by atoms with Crippen molar-refractivity contribution in [3.05, 3.63) is 93.2 Å². The second-order valence-electron chi connectivity index (χ2n) is 8.85. The molecule has 0 aliphatic carbocycles. The van der Waals surface area contributed by atoms with E-state index in [1.807, 2.05) is 18.2 Å². The van der Waals surface area contributed by atoms with Crippen molar-refractivity contribution in [3.8, 4) is 0 Å². The van der Waals surface area contributed by atoms with E-state index < -0.39 is 10.8 Å².